The van der Waals surface area contributed by atoms with Crippen LogP contribution in [0.1, 0.15) is 13.3 Å². The van der Waals surface area contributed by atoms with Gasteiger partial charge in [-0.15, -0.1) is 0 Å². The minimum atomic E-state index is -0.290. The van der Waals surface area contributed by atoms with E-state index in [1.54, 1.807) is 18.3 Å². The summed E-state index contributed by atoms with van der Waals surface area (Å²) in [5, 5.41) is 1.61. The van der Waals surface area contributed by atoms with E-state index in [2.05, 4.69) is 4.98 Å². The fourth-order valence-corrected chi connectivity index (χ4v) is 3.02. The van der Waals surface area contributed by atoms with Crippen LogP contribution in [0.4, 0.5) is 4.39 Å². The van der Waals surface area contributed by atoms with Gasteiger partial charge in [0.1, 0.15) is 5.82 Å². The Morgan fingerprint density at radius 3 is 2.48 bits per heavy atom. The summed E-state index contributed by atoms with van der Waals surface area (Å²) >= 11 is 0. The van der Waals surface area contributed by atoms with Crippen molar-refractivity contribution in [3.8, 4) is 28.5 Å². The third-order valence-corrected chi connectivity index (χ3v) is 4.16. The van der Waals surface area contributed by atoms with Crippen LogP contribution < -0.4 is 14.2 Å². The molecule has 1 aliphatic heterocycles. The van der Waals surface area contributed by atoms with Gasteiger partial charge in [-0.25, -0.2) is 9.37 Å². The molecule has 2 heterocycles. The fraction of sp³-hybridized carbons (Fsp3) is 0.250. The van der Waals surface area contributed by atoms with Crippen LogP contribution in [0.25, 0.3) is 21.9 Å². The van der Waals surface area contributed by atoms with Gasteiger partial charge in [0.05, 0.1) is 19.8 Å². The number of hydrogen-bond acceptors (Lipinski definition) is 4. The summed E-state index contributed by atoms with van der Waals surface area (Å²) in [6.07, 6.45) is 2.47. The van der Waals surface area contributed by atoms with E-state index in [1.807, 2.05) is 25.1 Å². The highest BCUT2D eigenvalue weighted by atomic mass is 19.1. The number of rotatable bonds is 3. The first kappa shape index (κ1) is 15.7. The molecule has 0 aliphatic carbocycles. The topological polar surface area (TPSA) is 40.6 Å². The third-order valence-electron chi connectivity index (χ3n) is 4.16. The summed E-state index contributed by atoms with van der Waals surface area (Å²) in [6.45, 7) is 3.59. The smallest absolute Gasteiger partial charge is 0.221 e. The fourth-order valence-electron chi connectivity index (χ4n) is 3.02. The molecular formula is C20H18FNO3. The van der Waals surface area contributed by atoms with Crippen molar-refractivity contribution in [3.63, 3.8) is 0 Å². The molecule has 128 valence electrons. The van der Waals surface area contributed by atoms with Crippen molar-refractivity contribution in [2.75, 3.05) is 19.8 Å². The zero-order valence-corrected chi connectivity index (χ0v) is 13.9. The Hall–Kier alpha value is -2.82. The summed E-state index contributed by atoms with van der Waals surface area (Å²) in [4.78, 5) is 4.40. The number of pyridine rings is 1. The van der Waals surface area contributed by atoms with E-state index in [-0.39, 0.29) is 5.82 Å². The standard InChI is InChI=1S/C20H18FNO3/c1-2-23-20-15-11-19-18(24-8-5-9-25-19)10-14(15)16(12-22-20)13-6-3-4-7-17(13)21/h3-4,6-7,10-12H,2,5,8-9H2,1H3. The van der Waals surface area contributed by atoms with Crippen LogP contribution in [0, 0.1) is 5.82 Å². The Kier molecular flexibility index (Phi) is 4.14. The lowest BCUT2D eigenvalue weighted by Gasteiger charge is -2.15. The molecule has 4 rings (SSSR count). The predicted molar refractivity (Wildman–Crippen MR) is 93.9 cm³/mol. The van der Waals surface area contributed by atoms with E-state index in [1.165, 1.54) is 6.07 Å². The molecule has 2 aromatic carbocycles. The maximum atomic E-state index is 14.3. The highest BCUT2D eigenvalue weighted by molar-refractivity contribution is 6.00. The van der Waals surface area contributed by atoms with Crippen molar-refractivity contribution in [3.05, 3.63) is 48.4 Å². The zero-order chi connectivity index (χ0) is 17.2. The van der Waals surface area contributed by atoms with Crippen LogP contribution >= 0.6 is 0 Å². The van der Waals surface area contributed by atoms with Gasteiger partial charge in [-0.2, -0.15) is 0 Å². The van der Waals surface area contributed by atoms with E-state index < -0.39 is 0 Å². The molecule has 1 aliphatic rings. The molecule has 0 saturated carbocycles. The van der Waals surface area contributed by atoms with Gasteiger partial charge >= 0.3 is 0 Å². The molecule has 5 heteroatoms. The van der Waals surface area contributed by atoms with E-state index in [9.17, 15) is 4.39 Å². The third kappa shape index (κ3) is 2.86. The van der Waals surface area contributed by atoms with Gasteiger partial charge in [-0.3, -0.25) is 0 Å². The molecule has 4 nitrogen and oxygen atoms in total. The number of hydrogen-bond donors (Lipinski definition) is 0. The second kappa shape index (κ2) is 6.59. The molecule has 0 fully saturated rings. The van der Waals surface area contributed by atoms with Gasteiger partial charge in [0.15, 0.2) is 11.5 Å². The van der Waals surface area contributed by atoms with Crippen LogP contribution in [0.3, 0.4) is 0 Å². The molecule has 0 saturated heterocycles. The Morgan fingerprint density at radius 2 is 1.76 bits per heavy atom. The predicted octanol–water partition coefficient (Wildman–Crippen LogP) is 4.60. The molecular weight excluding hydrogens is 321 g/mol. The van der Waals surface area contributed by atoms with Crippen molar-refractivity contribution in [1.82, 2.24) is 4.98 Å². The van der Waals surface area contributed by atoms with Gasteiger partial charge in [0.2, 0.25) is 5.88 Å². The molecule has 0 radical (unpaired) electrons. The second-order valence-corrected chi connectivity index (χ2v) is 5.78. The van der Waals surface area contributed by atoms with E-state index in [4.69, 9.17) is 14.2 Å². The molecule has 0 N–H and O–H groups in total. The van der Waals surface area contributed by atoms with Gasteiger partial charge in [0, 0.05) is 34.5 Å². The van der Waals surface area contributed by atoms with Crippen LogP contribution in [0.15, 0.2) is 42.6 Å². The average molecular weight is 339 g/mol. The van der Waals surface area contributed by atoms with Crippen molar-refractivity contribution >= 4 is 10.8 Å². The van der Waals surface area contributed by atoms with E-state index >= 15 is 0 Å². The first-order valence-electron chi connectivity index (χ1n) is 8.38. The molecule has 25 heavy (non-hydrogen) atoms. The molecule has 3 aromatic rings. The Labute approximate surface area is 145 Å². The normalized spacial score (nSPS) is 13.5. The van der Waals surface area contributed by atoms with Crippen molar-refractivity contribution in [2.45, 2.75) is 13.3 Å². The summed E-state index contributed by atoms with van der Waals surface area (Å²) in [5.74, 6) is 1.55. The molecule has 0 amide bonds. The number of nitrogens with zero attached hydrogens (tertiary/aromatic N) is 1. The summed E-state index contributed by atoms with van der Waals surface area (Å²) < 4.78 is 31.6. The lowest BCUT2D eigenvalue weighted by atomic mass is 9.99. The largest absolute Gasteiger partial charge is 0.490 e. The molecule has 0 atom stereocenters. The average Bonchev–Trinajstić information content (AvgIpc) is 2.86. The first-order chi connectivity index (χ1) is 12.3. The monoisotopic (exact) mass is 339 g/mol. The maximum absolute atomic E-state index is 14.3. The van der Waals surface area contributed by atoms with Crippen LogP contribution in [-0.2, 0) is 0 Å². The summed E-state index contributed by atoms with van der Waals surface area (Å²) in [7, 11) is 0. The minimum absolute atomic E-state index is 0.290. The van der Waals surface area contributed by atoms with Crippen molar-refractivity contribution < 1.29 is 18.6 Å². The van der Waals surface area contributed by atoms with Crippen molar-refractivity contribution in [1.29, 1.82) is 0 Å². The van der Waals surface area contributed by atoms with Gasteiger partial charge in [0.25, 0.3) is 0 Å². The van der Waals surface area contributed by atoms with Crippen LogP contribution in [0.2, 0.25) is 0 Å². The number of benzene rings is 2. The number of ether oxygens (including phenoxy) is 3. The molecule has 0 bridgehead atoms. The zero-order valence-electron chi connectivity index (χ0n) is 13.9. The highest BCUT2D eigenvalue weighted by Crippen LogP contribution is 2.41. The van der Waals surface area contributed by atoms with E-state index in [0.29, 0.717) is 48.3 Å². The quantitative estimate of drug-likeness (QED) is 0.699. The molecule has 1 aromatic heterocycles. The van der Waals surface area contributed by atoms with Gasteiger partial charge in [-0.05, 0) is 25.1 Å². The number of aromatic nitrogens is 1. The SMILES string of the molecule is CCOc1ncc(-c2ccccc2F)c2cc3c(cc12)OCCCO3. The Morgan fingerprint density at radius 1 is 1.04 bits per heavy atom. The Balaban J connectivity index is 2.00. The summed E-state index contributed by atoms with van der Waals surface area (Å²) in [6, 6.07) is 10.4. The number of fused-ring (bicyclic) bond motifs is 2. The number of halogens is 1. The second-order valence-electron chi connectivity index (χ2n) is 5.78. The maximum Gasteiger partial charge on any atom is 0.221 e. The Bertz CT molecular complexity index is 926. The van der Waals surface area contributed by atoms with Gasteiger partial charge < -0.3 is 14.2 Å². The van der Waals surface area contributed by atoms with Crippen LogP contribution in [0.5, 0.6) is 17.4 Å². The van der Waals surface area contributed by atoms with Crippen molar-refractivity contribution in [2.24, 2.45) is 0 Å². The lowest BCUT2D eigenvalue weighted by molar-refractivity contribution is 0.297. The van der Waals surface area contributed by atoms with Crippen LogP contribution in [-0.4, -0.2) is 24.8 Å². The van der Waals surface area contributed by atoms with Gasteiger partial charge in [-0.1, -0.05) is 18.2 Å². The van der Waals surface area contributed by atoms with E-state index in [0.717, 1.165) is 17.2 Å². The molecule has 0 spiro atoms. The highest BCUT2D eigenvalue weighted by Gasteiger charge is 2.18. The first-order valence-corrected chi connectivity index (χ1v) is 8.38. The minimum Gasteiger partial charge on any atom is -0.490 e. The lowest BCUT2D eigenvalue weighted by Crippen LogP contribution is -1.98. The summed E-state index contributed by atoms with van der Waals surface area (Å²) in [5.41, 5.74) is 1.20. The molecule has 0 unspecified atom stereocenters.